The summed E-state index contributed by atoms with van der Waals surface area (Å²) in [6, 6.07) is 17.3. The molecule has 0 bridgehead atoms. The molecule has 3 aromatic rings. The Morgan fingerprint density at radius 2 is 1.87 bits per heavy atom. The van der Waals surface area contributed by atoms with Gasteiger partial charge in [-0.2, -0.15) is 0 Å². The smallest absolute Gasteiger partial charge is 0.257 e. The van der Waals surface area contributed by atoms with Gasteiger partial charge in [0.25, 0.3) is 5.56 Å². The number of hydrogen-bond acceptors (Lipinski definition) is 3. The lowest BCUT2D eigenvalue weighted by atomic mass is 10.1. The third-order valence-electron chi connectivity index (χ3n) is 5.14. The van der Waals surface area contributed by atoms with Crippen LogP contribution >= 0.6 is 11.6 Å². The molecule has 2 aromatic carbocycles. The van der Waals surface area contributed by atoms with Crippen molar-refractivity contribution in [2.24, 2.45) is 0 Å². The molecule has 0 radical (unpaired) electrons. The van der Waals surface area contributed by atoms with Gasteiger partial charge in [0.1, 0.15) is 12.4 Å². The van der Waals surface area contributed by atoms with Crippen LogP contribution in [-0.2, 0) is 17.8 Å². The minimum absolute atomic E-state index is 0.0115. The summed E-state index contributed by atoms with van der Waals surface area (Å²) in [5.41, 5.74) is 2.89. The molecule has 156 valence electrons. The van der Waals surface area contributed by atoms with Crippen molar-refractivity contribution >= 4 is 17.5 Å². The lowest BCUT2D eigenvalue weighted by molar-refractivity contribution is -0.122. The number of carbonyl (C=O) groups excluding carboxylic acids is 1. The molecule has 0 fully saturated rings. The number of nitrogens with zero attached hydrogens (tertiary/aromatic N) is 2. The summed E-state index contributed by atoms with van der Waals surface area (Å²) in [6.45, 7) is 5.40. The maximum absolute atomic E-state index is 12.9. The van der Waals surface area contributed by atoms with Crippen molar-refractivity contribution < 1.29 is 4.79 Å². The molecule has 0 aliphatic heterocycles. The zero-order valence-electron chi connectivity index (χ0n) is 17.5. The molecule has 1 atom stereocenters. The summed E-state index contributed by atoms with van der Waals surface area (Å²) < 4.78 is 1.42. The van der Waals surface area contributed by atoms with Gasteiger partial charge in [-0.1, -0.05) is 54.1 Å². The van der Waals surface area contributed by atoms with Crippen molar-refractivity contribution in [1.29, 1.82) is 0 Å². The maximum atomic E-state index is 12.9. The van der Waals surface area contributed by atoms with Gasteiger partial charge >= 0.3 is 0 Å². The van der Waals surface area contributed by atoms with Gasteiger partial charge in [0.2, 0.25) is 5.91 Å². The van der Waals surface area contributed by atoms with E-state index in [1.165, 1.54) is 10.1 Å². The fraction of sp³-hybridized carbons (Fsp3) is 0.292. The molecule has 5 nitrogen and oxygen atoms in total. The molecule has 1 N–H and O–H groups in total. The topological polar surface area (TPSA) is 64.0 Å². The van der Waals surface area contributed by atoms with Crippen LogP contribution in [0.4, 0.5) is 0 Å². The number of rotatable bonds is 7. The first kappa shape index (κ1) is 21.8. The first-order valence-electron chi connectivity index (χ1n) is 10.0. The SMILES string of the molecule is Cc1nc(-c2cccc(Cl)c2)n(CC(=O)N[C@@H](C)CCc2ccccc2)c(=O)c1C. The van der Waals surface area contributed by atoms with E-state index in [-0.39, 0.29) is 24.1 Å². The Morgan fingerprint density at radius 1 is 1.13 bits per heavy atom. The zero-order chi connectivity index (χ0) is 21.7. The fourth-order valence-electron chi connectivity index (χ4n) is 3.32. The Morgan fingerprint density at radius 3 is 2.57 bits per heavy atom. The Bertz CT molecular complexity index is 1090. The van der Waals surface area contributed by atoms with Crippen LogP contribution in [0.25, 0.3) is 11.4 Å². The highest BCUT2D eigenvalue weighted by atomic mass is 35.5. The summed E-state index contributed by atoms with van der Waals surface area (Å²) in [7, 11) is 0. The average Bonchev–Trinajstić information content (AvgIpc) is 2.73. The van der Waals surface area contributed by atoms with Crippen molar-refractivity contribution in [3.8, 4) is 11.4 Å². The molecule has 0 unspecified atom stereocenters. The molecule has 0 aliphatic carbocycles. The van der Waals surface area contributed by atoms with Crippen LogP contribution in [0.2, 0.25) is 5.02 Å². The lowest BCUT2D eigenvalue weighted by Gasteiger charge is -2.17. The molecule has 0 spiro atoms. The number of nitrogens with one attached hydrogen (secondary N) is 1. The van der Waals surface area contributed by atoms with Crippen molar-refractivity contribution in [1.82, 2.24) is 14.9 Å². The van der Waals surface area contributed by atoms with Crippen LogP contribution in [0, 0.1) is 13.8 Å². The summed E-state index contributed by atoms with van der Waals surface area (Å²) in [5.74, 6) is 0.226. The summed E-state index contributed by atoms with van der Waals surface area (Å²) >= 11 is 6.12. The highest BCUT2D eigenvalue weighted by Crippen LogP contribution is 2.21. The number of aromatic nitrogens is 2. The van der Waals surface area contributed by atoms with E-state index in [2.05, 4.69) is 22.4 Å². The van der Waals surface area contributed by atoms with Crippen LogP contribution in [0.5, 0.6) is 0 Å². The van der Waals surface area contributed by atoms with Gasteiger partial charge in [0.05, 0.1) is 0 Å². The maximum Gasteiger partial charge on any atom is 0.257 e. The fourth-order valence-corrected chi connectivity index (χ4v) is 3.51. The summed E-state index contributed by atoms with van der Waals surface area (Å²) in [4.78, 5) is 30.2. The average molecular weight is 424 g/mol. The highest BCUT2D eigenvalue weighted by Gasteiger charge is 2.17. The number of carbonyl (C=O) groups is 1. The van der Waals surface area contributed by atoms with Crippen LogP contribution in [-0.4, -0.2) is 21.5 Å². The molecule has 0 saturated carbocycles. The molecular weight excluding hydrogens is 398 g/mol. The number of benzene rings is 2. The van der Waals surface area contributed by atoms with E-state index in [4.69, 9.17) is 11.6 Å². The minimum Gasteiger partial charge on any atom is -0.352 e. The normalized spacial score (nSPS) is 11.9. The molecule has 0 aliphatic rings. The molecule has 6 heteroatoms. The third kappa shape index (κ3) is 5.36. The molecule has 3 rings (SSSR count). The third-order valence-corrected chi connectivity index (χ3v) is 5.37. The minimum atomic E-state index is -0.218. The zero-order valence-corrected chi connectivity index (χ0v) is 18.2. The van der Waals surface area contributed by atoms with Gasteiger partial charge < -0.3 is 5.32 Å². The number of hydrogen-bond donors (Lipinski definition) is 1. The van der Waals surface area contributed by atoms with Gasteiger partial charge in [-0.3, -0.25) is 14.2 Å². The van der Waals surface area contributed by atoms with Gasteiger partial charge in [0.15, 0.2) is 0 Å². The Labute approximate surface area is 181 Å². The predicted molar refractivity (Wildman–Crippen MR) is 121 cm³/mol. The van der Waals surface area contributed by atoms with Gasteiger partial charge in [-0.25, -0.2) is 4.98 Å². The van der Waals surface area contributed by atoms with Crippen LogP contribution < -0.4 is 10.9 Å². The Hall–Kier alpha value is -2.92. The first-order valence-corrected chi connectivity index (χ1v) is 10.4. The Kier molecular flexibility index (Phi) is 7.06. The van der Waals surface area contributed by atoms with Gasteiger partial charge in [-0.05, 0) is 51.3 Å². The van der Waals surface area contributed by atoms with E-state index >= 15 is 0 Å². The van der Waals surface area contributed by atoms with E-state index in [0.717, 1.165) is 12.8 Å². The summed E-state index contributed by atoms with van der Waals surface area (Å²) in [6.07, 6.45) is 1.69. The lowest BCUT2D eigenvalue weighted by Crippen LogP contribution is -2.39. The van der Waals surface area contributed by atoms with Gasteiger partial charge in [-0.15, -0.1) is 0 Å². The van der Waals surface area contributed by atoms with Crippen molar-refractivity contribution in [3.05, 3.63) is 86.8 Å². The standard InChI is InChI=1S/C24H26ClN3O2/c1-16(12-13-19-8-5-4-6-9-19)26-22(29)15-28-23(20-10-7-11-21(25)14-20)27-18(3)17(2)24(28)30/h4-11,14,16H,12-13,15H2,1-3H3,(H,26,29)/t16-/m0/s1. The number of halogens is 1. The van der Waals surface area contributed by atoms with Crippen molar-refractivity contribution in [2.45, 2.75) is 46.2 Å². The van der Waals surface area contributed by atoms with Crippen LogP contribution in [0.1, 0.15) is 30.2 Å². The first-order chi connectivity index (χ1) is 14.3. The predicted octanol–water partition coefficient (Wildman–Crippen LogP) is 4.32. The van der Waals surface area contributed by atoms with E-state index in [1.807, 2.05) is 31.2 Å². The number of amides is 1. The van der Waals surface area contributed by atoms with Gasteiger partial charge in [0, 0.05) is 27.9 Å². The van der Waals surface area contributed by atoms with E-state index in [1.54, 1.807) is 32.0 Å². The number of aryl methyl sites for hydroxylation is 2. The van der Waals surface area contributed by atoms with E-state index in [0.29, 0.717) is 27.7 Å². The quantitative estimate of drug-likeness (QED) is 0.615. The summed E-state index contributed by atoms with van der Waals surface area (Å²) in [5, 5.41) is 3.54. The van der Waals surface area contributed by atoms with Crippen LogP contribution in [0.15, 0.2) is 59.4 Å². The molecular formula is C24H26ClN3O2. The molecule has 30 heavy (non-hydrogen) atoms. The molecule has 0 saturated heterocycles. The second-order valence-electron chi connectivity index (χ2n) is 7.54. The molecule has 1 aromatic heterocycles. The van der Waals surface area contributed by atoms with E-state index < -0.39 is 0 Å². The monoisotopic (exact) mass is 423 g/mol. The largest absolute Gasteiger partial charge is 0.352 e. The van der Waals surface area contributed by atoms with E-state index in [9.17, 15) is 9.59 Å². The highest BCUT2D eigenvalue weighted by molar-refractivity contribution is 6.30. The van der Waals surface area contributed by atoms with Crippen molar-refractivity contribution in [3.63, 3.8) is 0 Å². The molecule has 1 heterocycles. The second-order valence-corrected chi connectivity index (χ2v) is 7.98. The second kappa shape index (κ2) is 9.72. The Balaban J connectivity index is 1.77. The van der Waals surface area contributed by atoms with Crippen molar-refractivity contribution in [2.75, 3.05) is 0 Å². The van der Waals surface area contributed by atoms with Crippen LogP contribution in [0.3, 0.4) is 0 Å². The molecule has 1 amide bonds.